The zero-order valence-corrected chi connectivity index (χ0v) is 9.47. The average Bonchev–Trinajstić information content (AvgIpc) is 2.27. The van der Waals surface area contributed by atoms with E-state index in [2.05, 4.69) is 15.3 Å². The zero-order chi connectivity index (χ0) is 12.8. The summed E-state index contributed by atoms with van der Waals surface area (Å²) in [6, 6.07) is 2.43. The molecular weight excluding hydrogens is 224 g/mol. The molecule has 0 aliphatic heterocycles. The summed E-state index contributed by atoms with van der Waals surface area (Å²) >= 11 is 0. The van der Waals surface area contributed by atoms with Gasteiger partial charge in [-0.3, -0.25) is 0 Å². The summed E-state index contributed by atoms with van der Waals surface area (Å²) in [5.74, 6) is -0.971. The number of methoxy groups -OCH3 is 1. The molecule has 0 radical (unpaired) electrons. The molecule has 1 rings (SSSR count). The summed E-state index contributed by atoms with van der Waals surface area (Å²) in [7, 11) is 1.40. The number of ether oxygens (including phenoxy) is 1. The number of rotatable bonds is 5. The van der Waals surface area contributed by atoms with Crippen LogP contribution in [0.4, 0.5) is 5.95 Å². The molecule has 0 aliphatic carbocycles. The van der Waals surface area contributed by atoms with Crippen LogP contribution >= 0.6 is 0 Å². The number of aromatic nitrogens is 2. The van der Waals surface area contributed by atoms with Crippen molar-refractivity contribution in [2.24, 2.45) is 0 Å². The molecule has 0 spiro atoms. The van der Waals surface area contributed by atoms with Crippen molar-refractivity contribution >= 4 is 11.9 Å². The van der Waals surface area contributed by atoms with Crippen LogP contribution in [0.1, 0.15) is 11.4 Å². The van der Waals surface area contributed by atoms with Crippen molar-refractivity contribution in [1.82, 2.24) is 9.97 Å². The normalized spacial score (nSPS) is 11.6. The maximum Gasteiger partial charge on any atom is 0.328 e. The van der Waals surface area contributed by atoms with E-state index >= 15 is 0 Å². The Morgan fingerprint density at radius 3 is 2.94 bits per heavy atom. The Bertz CT molecular complexity index is 455. The monoisotopic (exact) mass is 236 g/mol. The van der Waals surface area contributed by atoms with Gasteiger partial charge in [-0.05, 0) is 13.0 Å². The maximum absolute atomic E-state index is 10.9. The van der Waals surface area contributed by atoms with Gasteiger partial charge in [0, 0.05) is 12.8 Å². The number of aliphatic carboxylic acids is 1. The number of nitrogens with zero attached hydrogens (tertiary/aromatic N) is 3. The van der Waals surface area contributed by atoms with Crippen molar-refractivity contribution in [3.63, 3.8) is 0 Å². The Balaban J connectivity index is 2.89. The first-order chi connectivity index (χ1) is 8.06. The van der Waals surface area contributed by atoms with Crippen LogP contribution in [0.15, 0.2) is 6.07 Å². The highest BCUT2D eigenvalue weighted by Crippen LogP contribution is 2.05. The minimum absolute atomic E-state index is 0.0193. The van der Waals surface area contributed by atoms with Crippen LogP contribution in [0.2, 0.25) is 0 Å². The number of carbonyl (C=O) groups is 1. The van der Waals surface area contributed by atoms with Crippen LogP contribution in [0, 0.1) is 18.3 Å². The molecule has 0 fully saturated rings. The highest BCUT2D eigenvalue weighted by Gasteiger charge is 2.18. The molecule has 0 aliphatic rings. The molecule has 1 aromatic heterocycles. The van der Waals surface area contributed by atoms with Gasteiger partial charge in [-0.1, -0.05) is 0 Å². The fourth-order valence-corrected chi connectivity index (χ4v) is 1.19. The van der Waals surface area contributed by atoms with Crippen molar-refractivity contribution in [1.29, 1.82) is 5.26 Å². The van der Waals surface area contributed by atoms with Crippen molar-refractivity contribution in [3.05, 3.63) is 17.5 Å². The van der Waals surface area contributed by atoms with E-state index in [0.29, 0.717) is 5.69 Å². The summed E-state index contributed by atoms with van der Waals surface area (Å²) < 4.78 is 4.76. The largest absolute Gasteiger partial charge is 0.480 e. The Labute approximate surface area is 98.1 Å². The van der Waals surface area contributed by atoms with E-state index in [0.717, 1.165) is 0 Å². The minimum atomic E-state index is -1.07. The van der Waals surface area contributed by atoms with Crippen LogP contribution in [0.5, 0.6) is 0 Å². The molecule has 0 saturated carbocycles. The molecule has 1 unspecified atom stereocenters. The molecule has 0 aromatic carbocycles. The van der Waals surface area contributed by atoms with Gasteiger partial charge < -0.3 is 15.2 Å². The Morgan fingerprint density at radius 1 is 1.71 bits per heavy atom. The summed E-state index contributed by atoms with van der Waals surface area (Å²) in [5.41, 5.74) is 0.766. The predicted molar refractivity (Wildman–Crippen MR) is 58.4 cm³/mol. The first kappa shape index (κ1) is 12.9. The van der Waals surface area contributed by atoms with Gasteiger partial charge in [-0.2, -0.15) is 5.26 Å². The highest BCUT2D eigenvalue weighted by atomic mass is 16.5. The predicted octanol–water partition coefficient (Wildman–Crippen LogP) is 0.168. The topological polar surface area (TPSA) is 108 Å². The third kappa shape index (κ3) is 3.70. The number of carboxylic acids is 1. The lowest BCUT2D eigenvalue weighted by atomic mass is 10.3. The highest BCUT2D eigenvalue weighted by molar-refractivity contribution is 5.76. The number of carboxylic acid groups (broad SMARTS) is 1. The van der Waals surface area contributed by atoms with Gasteiger partial charge in [0.1, 0.15) is 11.8 Å². The van der Waals surface area contributed by atoms with Crippen molar-refractivity contribution in [2.75, 3.05) is 19.0 Å². The molecule has 1 aromatic rings. The van der Waals surface area contributed by atoms with Crippen molar-refractivity contribution in [3.8, 4) is 6.07 Å². The first-order valence-corrected chi connectivity index (χ1v) is 4.81. The molecule has 0 amide bonds. The van der Waals surface area contributed by atoms with Crippen molar-refractivity contribution in [2.45, 2.75) is 13.0 Å². The van der Waals surface area contributed by atoms with Gasteiger partial charge in [0.05, 0.1) is 6.61 Å². The summed E-state index contributed by atoms with van der Waals surface area (Å²) in [5, 5.41) is 20.2. The molecule has 0 bridgehead atoms. The van der Waals surface area contributed by atoms with Crippen LogP contribution < -0.4 is 5.32 Å². The SMILES string of the molecule is COCC(Nc1nc(C)cc(C#N)n1)C(=O)O. The van der Waals surface area contributed by atoms with Crippen LogP contribution in [0.25, 0.3) is 0 Å². The lowest BCUT2D eigenvalue weighted by molar-refractivity contribution is -0.139. The van der Waals surface area contributed by atoms with E-state index in [1.165, 1.54) is 13.2 Å². The number of aryl methyl sites for hydroxylation is 1. The summed E-state index contributed by atoms with van der Waals surface area (Å²) in [4.78, 5) is 18.7. The molecular formula is C10H12N4O3. The fourth-order valence-electron chi connectivity index (χ4n) is 1.19. The third-order valence-electron chi connectivity index (χ3n) is 1.90. The van der Waals surface area contributed by atoms with E-state index in [1.54, 1.807) is 6.92 Å². The molecule has 0 saturated heterocycles. The standard InChI is InChI=1S/C10H12N4O3/c1-6-3-7(4-11)13-10(12-6)14-8(5-17-2)9(15)16/h3,8H,5H2,1-2H3,(H,15,16)(H,12,13,14). The second-order valence-corrected chi connectivity index (χ2v) is 3.32. The number of anilines is 1. The molecule has 1 atom stereocenters. The van der Waals surface area contributed by atoms with E-state index in [9.17, 15) is 4.79 Å². The molecule has 90 valence electrons. The van der Waals surface area contributed by atoms with E-state index in [-0.39, 0.29) is 18.2 Å². The first-order valence-electron chi connectivity index (χ1n) is 4.81. The second kappa shape index (κ2) is 5.77. The second-order valence-electron chi connectivity index (χ2n) is 3.32. The quantitative estimate of drug-likeness (QED) is 0.749. The smallest absolute Gasteiger partial charge is 0.328 e. The van der Waals surface area contributed by atoms with Crippen LogP contribution in [0.3, 0.4) is 0 Å². The van der Waals surface area contributed by atoms with E-state index < -0.39 is 12.0 Å². The Hall–Kier alpha value is -2.20. The average molecular weight is 236 g/mol. The fraction of sp³-hybridized carbons (Fsp3) is 0.400. The minimum Gasteiger partial charge on any atom is -0.480 e. The van der Waals surface area contributed by atoms with Gasteiger partial charge >= 0.3 is 5.97 Å². The van der Waals surface area contributed by atoms with Gasteiger partial charge in [0.25, 0.3) is 0 Å². The summed E-state index contributed by atoms with van der Waals surface area (Å²) in [6.07, 6.45) is 0. The van der Waals surface area contributed by atoms with Gasteiger partial charge in [-0.15, -0.1) is 0 Å². The molecule has 2 N–H and O–H groups in total. The number of hydrogen-bond acceptors (Lipinski definition) is 6. The van der Waals surface area contributed by atoms with Gasteiger partial charge in [-0.25, -0.2) is 14.8 Å². The van der Waals surface area contributed by atoms with Crippen LogP contribution in [-0.4, -0.2) is 40.8 Å². The molecule has 7 nitrogen and oxygen atoms in total. The molecule has 7 heteroatoms. The van der Waals surface area contributed by atoms with Crippen molar-refractivity contribution < 1.29 is 14.6 Å². The molecule has 17 heavy (non-hydrogen) atoms. The van der Waals surface area contributed by atoms with Crippen LogP contribution in [-0.2, 0) is 9.53 Å². The number of nitriles is 1. The third-order valence-corrected chi connectivity index (χ3v) is 1.90. The van der Waals surface area contributed by atoms with E-state index in [4.69, 9.17) is 15.1 Å². The Kier molecular flexibility index (Phi) is 4.37. The zero-order valence-electron chi connectivity index (χ0n) is 9.47. The molecule has 1 heterocycles. The van der Waals surface area contributed by atoms with Gasteiger partial charge in [0.2, 0.25) is 5.95 Å². The summed E-state index contributed by atoms with van der Waals surface area (Å²) in [6.45, 7) is 1.67. The lowest BCUT2D eigenvalue weighted by Gasteiger charge is -2.13. The lowest BCUT2D eigenvalue weighted by Crippen LogP contribution is -2.34. The van der Waals surface area contributed by atoms with E-state index in [1.807, 2.05) is 6.07 Å². The number of hydrogen-bond donors (Lipinski definition) is 2. The van der Waals surface area contributed by atoms with Gasteiger partial charge in [0.15, 0.2) is 6.04 Å². The maximum atomic E-state index is 10.9. The Morgan fingerprint density at radius 2 is 2.41 bits per heavy atom. The number of nitrogens with one attached hydrogen (secondary N) is 1.